The van der Waals surface area contributed by atoms with E-state index in [2.05, 4.69) is 6.58 Å². The SMILES string of the molecule is C=C(C)C(=O)OCCCCCOc1ccccc1OC. The van der Waals surface area contributed by atoms with Gasteiger partial charge in [0, 0.05) is 5.57 Å². The van der Waals surface area contributed by atoms with Crippen LogP contribution in [0.2, 0.25) is 0 Å². The molecule has 0 radical (unpaired) electrons. The van der Waals surface area contributed by atoms with Crippen molar-refractivity contribution in [3.63, 3.8) is 0 Å². The van der Waals surface area contributed by atoms with E-state index in [-0.39, 0.29) is 5.97 Å². The fraction of sp³-hybridized carbons (Fsp3) is 0.438. The molecule has 110 valence electrons. The Kier molecular flexibility index (Phi) is 7.25. The standard InChI is InChI=1S/C16H22O4/c1-13(2)16(17)20-12-8-4-7-11-19-15-10-6-5-9-14(15)18-3/h5-6,9-10H,1,4,7-8,11-12H2,2-3H3. The Morgan fingerprint density at radius 2 is 1.75 bits per heavy atom. The zero-order valence-electron chi connectivity index (χ0n) is 12.2. The van der Waals surface area contributed by atoms with Crippen LogP contribution in [0.1, 0.15) is 26.2 Å². The van der Waals surface area contributed by atoms with Crippen molar-refractivity contribution in [1.82, 2.24) is 0 Å². The number of carbonyl (C=O) groups excluding carboxylic acids is 1. The van der Waals surface area contributed by atoms with Crippen LogP contribution in [0.3, 0.4) is 0 Å². The first-order valence-electron chi connectivity index (χ1n) is 6.73. The Morgan fingerprint density at radius 3 is 2.40 bits per heavy atom. The number of hydrogen-bond acceptors (Lipinski definition) is 4. The number of benzene rings is 1. The van der Waals surface area contributed by atoms with Crippen LogP contribution in [0.15, 0.2) is 36.4 Å². The highest BCUT2D eigenvalue weighted by atomic mass is 16.5. The molecule has 0 N–H and O–H groups in total. The van der Waals surface area contributed by atoms with Gasteiger partial charge in [-0.1, -0.05) is 18.7 Å². The van der Waals surface area contributed by atoms with E-state index in [1.54, 1.807) is 14.0 Å². The van der Waals surface area contributed by atoms with Crippen molar-refractivity contribution in [2.45, 2.75) is 26.2 Å². The summed E-state index contributed by atoms with van der Waals surface area (Å²) in [6, 6.07) is 7.57. The van der Waals surface area contributed by atoms with Crippen molar-refractivity contribution in [2.24, 2.45) is 0 Å². The van der Waals surface area contributed by atoms with E-state index in [1.807, 2.05) is 24.3 Å². The Bertz CT molecular complexity index is 440. The molecule has 0 bridgehead atoms. The fourth-order valence-corrected chi connectivity index (χ4v) is 1.59. The van der Waals surface area contributed by atoms with Crippen LogP contribution in [-0.2, 0) is 9.53 Å². The molecule has 0 amide bonds. The molecule has 4 heteroatoms. The molecule has 0 spiro atoms. The van der Waals surface area contributed by atoms with E-state index in [0.717, 1.165) is 30.8 Å². The number of rotatable bonds is 9. The number of hydrogen-bond donors (Lipinski definition) is 0. The van der Waals surface area contributed by atoms with Gasteiger partial charge in [0.05, 0.1) is 20.3 Å². The first-order valence-corrected chi connectivity index (χ1v) is 6.73. The summed E-state index contributed by atoms with van der Waals surface area (Å²) >= 11 is 0. The Balaban J connectivity index is 2.10. The van der Waals surface area contributed by atoms with Gasteiger partial charge in [-0.3, -0.25) is 0 Å². The van der Waals surface area contributed by atoms with Gasteiger partial charge in [-0.05, 0) is 38.3 Å². The highest BCUT2D eigenvalue weighted by Crippen LogP contribution is 2.25. The first-order chi connectivity index (χ1) is 9.65. The van der Waals surface area contributed by atoms with Crippen molar-refractivity contribution in [3.05, 3.63) is 36.4 Å². The highest BCUT2D eigenvalue weighted by Gasteiger charge is 2.03. The van der Waals surface area contributed by atoms with Gasteiger partial charge in [-0.15, -0.1) is 0 Å². The summed E-state index contributed by atoms with van der Waals surface area (Å²) < 4.78 is 15.9. The lowest BCUT2D eigenvalue weighted by Crippen LogP contribution is -2.06. The van der Waals surface area contributed by atoms with Crippen LogP contribution in [0.4, 0.5) is 0 Å². The molecular formula is C16H22O4. The fourth-order valence-electron chi connectivity index (χ4n) is 1.59. The summed E-state index contributed by atoms with van der Waals surface area (Å²) in [5.41, 5.74) is 0.435. The smallest absolute Gasteiger partial charge is 0.333 e. The first kappa shape index (κ1) is 16.1. The number of para-hydroxylation sites is 2. The molecule has 0 saturated heterocycles. The van der Waals surface area contributed by atoms with Crippen LogP contribution in [0.25, 0.3) is 0 Å². The molecule has 1 aromatic carbocycles. The Labute approximate surface area is 120 Å². The molecule has 0 unspecified atom stereocenters. The molecule has 1 rings (SSSR count). The average molecular weight is 278 g/mol. The van der Waals surface area contributed by atoms with Crippen molar-refractivity contribution < 1.29 is 19.0 Å². The van der Waals surface area contributed by atoms with Gasteiger partial charge in [-0.2, -0.15) is 0 Å². The molecule has 0 fully saturated rings. The predicted molar refractivity (Wildman–Crippen MR) is 78.1 cm³/mol. The quantitative estimate of drug-likeness (QED) is 0.395. The second kappa shape index (κ2) is 9.02. The van der Waals surface area contributed by atoms with Gasteiger partial charge in [-0.25, -0.2) is 4.79 Å². The maximum atomic E-state index is 11.1. The third-order valence-corrected chi connectivity index (χ3v) is 2.70. The lowest BCUT2D eigenvalue weighted by atomic mass is 10.2. The molecule has 0 aromatic heterocycles. The van der Waals surface area contributed by atoms with Crippen molar-refractivity contribution in [2.75, 3.05) is 20.3 Å². The molecule has 4 nitrogen and oxygen atoms in total. The molecule has 1 aromatic rings. The minimum absolute atomic E-state index is 0.324. The number of ether oxygens (including phenoxy) is 3. The lowest BCUT2D eigenvalue weighted by Gasteiger charge is -2.10. The Morgan fingerprint density at radius 1 is 1.10 bits per heavy atom. The van der Waals surface area contributed by atoms with E-state index in [4.69, 9.17) is 14.2 Å². The summed E-state index contributed by atoms with van der Waals surface area (Å²) in [5.74, 6) is 1.17. The molecule has 0 atom stereocenters. The number of methoxy groups -OCH3 is 1. The largest absolute Gasteiger partial charge is 0.493 e. The van der Waals surface area contributed by atoms with E-state index >= 15 is 0 Å². The zero-order valence-corrected chi connectivity index (χ0v) is 12.2. The summed E-state index contributed by atoms with van der Waals surface area (Å²) in [6.45, 7) is 6.22. The predicted octanol–water partition coefficient (Wildman–Crippen LogP) is 3.36. The van der Waals surface area contributed by atoms with E-state index < -0.39 is 0 Å². The monoisotopic (exact) mass is 278 g/mol. The van der Waals surface area contributed by atoms with Gasteiger partial charge in [0.2, 0.25) is 0 Å². The zero-order chi connectivity index (χ0) is 14.8. The van der Waals surface area contributed by atoms with Crippen molar-refractivity contribution in [1.29, 1.82) is 0 Å². The molecule has 0 aliphatic carbocycles. The molecule has 0 aliphatic rings. The molecular weight excluding hydrogens is 256 g/mol. The minimum atomic E-state index is -0.324. The van der Waals surface area contributed by atoms with E-state index in [1.165, 1.54) is 0 Å². The molecule has 20 heavy (non-hydrogen) atoms. The minimum Gasteiger partial charge on any atom is -0.493 e. The molecule has 0 aliphatic heterocycles. The van der Waals surface area contributed by atoms with Gasteiger partial charge in [0.15, 0.2) is 11.5 Å². The normalized spacial score (nSPS) is 9.90. The van der Waals surface area contributed by atoms with Crippen molar-refractivity contribution in [3.8, 4) is 11.5 Å². The van der Waals surface area contributed by atoms with Gasteiger partial charge >= 0.3 is 5.97 Å². The van der Waals surface area contributed by atoms with Gasteiger partial charge < -0.3 is 14.2 Å². The Hall–Kier alpha value is -1.97. The van der Waals surface area contributed by atoms with Crippen LogP contribution < -0.4 is 9.47 Å². The van der Waals surface area contributed by atoms with Crippen LogP contribution in [-0.4, -0.2) is 26.3 Å². The topological polar surface area (TPSA) is 44.8 Å². The maximum Gasteiger partial charge on any atom is 0.333 e. The summed E-state index contributed by atoms with van der Waals surface area (Å²) in [5, 5.41) is 0. The van der Waals surface area contributed by atoms with Gasteiger partial charge in [0.1, 0.15) is 0 Å². The van der Waals surface area contributed by atoms with Crippen LogP contribution in [0, 0.1) is 0 Å². The van der Waals surface area contributed by atoms with Gasteiger partial charge in [0.25, 0.3) is 0 Å². The van der Waals surface area contributed by atoms with E-state index in [9.17, 15) is 4.79 Å². The van der Waals surface area contributed by atoms with Crippen molar-refractivity contribution >= 4 is 5.97 Å². The van der Waals surface area contributed by atoms with Crippen LogP contribution >= 0.6 is 0 Å². The summed E-state index contributed by atoms with van der Waals surface area (Å²) in [7, 11) is 1.62. The second-order valence-corrected chi connectivity index (χ2v) is 4.48. The van der Waals surface area contributed by atoms with E-state index in [0.29, 0.717) is 18.8 Å². The number of unbranched alkanes of at least 4 members (excludes halogenated alkanes) is 2. The molecule has 0 heterocycles. The molecule has 0 saturated carbocycles. The third kappa shape index (κ3) is 5.78. The third-order valence-electron chi connectivity index (χ3n) is 2.70. The lowest BCUT2D eigenvalue weighted by molar-refractivity contribution is -0.139. The van der Waals surface area contributed by atoms with Crippen LogP contribution in [0.5, 0.6) is 11.5 Å². The second-order valence-electron chi connectivity index (χ2n) is 4.48. The number of esters is 1. The average Bonchev–Trinajstić information content (AvgIpc) is 2.46. The highest BCUT2D eigenvalue weighted by molar-refractivity contribution is 5.86. The number of carbonyl (C=O) groups is 1. The summed E-state index contributed by atoms with van der Waals surface area (Å²) in [6.07, 6.45) is 2.68. The maximum absolute atomic E-state index is 11.1. The summed E-state index contributed by atoms with van der Waals surface area (Å²) in [4.78, 5) is 11.1.